The van der Waals surface area contributed by atoms with Gasteiger partial charge in [-0.1, -0.05) is 59.1 Å². The summed E-state index contributed by atoms with van der Waals surface area (Å²) in [5.74, 6) is 0. The van der Waals surface area contributed by atoms with Gasteiger partial charge in [0.25, 0.3) is 0 Å². The van der Waals surface area contributed by atoms with E-state index in [0.29, 0.717) is 15.1 Å². The van der Waals surface area contributed by atoms with Crippen molar-refractivity contribution in [2.45, 2.75) is 6.92 Å². The predicted octanol–water partition coefficient (Wildman–Crippen LogP) is 5.62. The first-order valence-electron chi connectivity index (χ1n) is 4.80. The van der Waals surface area contributed by atoms with Crippen LogP contribution in [0.2, 0.25) is 15.1 Å². The minimum Gasteiger partial charge on any atom is -0.0826 e. The third-order valence-corrected chi connectivity index (χ3v) is 3.64. The molecule has 0 spiro atoms. The van der Waals surface area contributed by atoms with E-state index in [1.54, 1.807) is 0 Å². The smallest absolute Gasteiger partial charge is 0.0778 e. The zero-order chi connectivity index (χ0) is 11.7. The van der Waals surface area contributed by atoms with Crippen LogP contribution in [0, 0.1) is 6.92 Å². The predicted molar refractivity (Wildman–Crippen MR) is 71.6 cm³/mol. The Morgan fingerprint density at radius 1 is 0.875 bits per heavy atom. The highest BCUT2D eigenvalue weighted by atomic mass is 35.5. The van der Waals surface area contributed by atoms with Gasteiger partial charge in [-0.15, -0.1) is 0 Å². The molecule has 0 atom stereocenters. The van der Waals surface area contributed by atoms with Gasteiger partial charge in [0, 0.05) is 0 Å². The fraction of sp³-hybridized carbons (Fsp3) is 0.0769. The minimum atomic E-state index is 0.403. The molecule has 0 radical (unpaired) electrons. The molecule has 2 rings (SSSR count). The van der Waals surface area contributed by atoms with E-state index in [0.717, 1.165) is 11.1 Å². The minimum absolute atomic E-state index is 0.403. The molecule has 0 amide bonds. The van der Waals surface area contributed by atoms with Crippen molar-refractivity contribution in [2.75, 3.05) is 0 Å². The van der Waals surface area contributed by atoms with Crippen LogP contribution in [0.5, 0.6) is 0 Å². The van der Waals surface area contributed by atoms with Crippen molar-refractivity contribution in [2.24, 2.45) is 0 Å². The van der Waals surface area contributed by atoms with E-state index in [2.05, 4.69) is 0 Å². The molecule has 16 heavy (non-hydrogen) atoms. The summed E-state index contributed by atoms with van der Waals surface area (Å²) in [6.45, 7) is 2.05. The van der Waals surface area contributed by atoms with Gasteiger partial charge in [0.1, 0.15) is 0 Å². The van der Waals surface area contributed by atoms with Gasteiger partial charge in [-0.2, -0.15) is 0 Å². The Bertz CT molecular complexity index is 509. The summed E-state index contributed by atoms with van der Waals surface area (Å²) in [6.07, 6.45) is 0. The van der Waals surface area contributed by atoms with Gasteiger partial charge in [0.05, 0.1) is 15.1 Å². The Kier molecular flexibility index (Phi) is 3.44. The van der Waals surface area contributed by atoms with Crippen LogP contribution in [0.3, 0.4) is 0 Å². The summed E-state index contributed by atoms with van der Waals surface area (Å²) in [4.78, 5) is 0. The van der Waals surface area contributed by atoms with Gasteiger partial charge in [-0.05, 0) is 35.7 Å². The summed E-state index contributed by atoms with van der Waals surface area (Å²) >= 11 is 17.9. The number of hydrogen-bond donors (Lipinski definition) is 0. The molecule has 0 heterocycles. The SMILES string of the molecule is Cc1ccccc1-c1cc(Cl)c(Cl)c(Cl)c1. The van der Waals surface area contributed by atoms with Crippen molar-refractivity contribution in [1.82, 2.24) is 0 Å². The highest BCUT2D eigenvalue weighted by molar-refractivity contribution is 6.48. The second kappa shape index (κ2) is 4.67. The van der Waals surface area contributed by atoms with Crippen molar-refractivity contribution in [3.8, 4) is 11.1 Å². The Hall–Kier alpha value is -0.690. The van der Waals surface area contributed by atoms with E-state index in [1.165, 1.54) is 5.56 Å². The lowest BCUT2D eigenvalue weighted by Gasteiger charge is -2.08. The van der Waals surface area contributed by atoms with Crippen molar-refractivity contribution in [1.29, 1.82) is 0 Å². The molecule has 0 aliphatic carbocycles. The van der Waals surface area contributed by atoms with Gasteiger partial charge >= 0.3 is 0 Å². The van der Waals surface area contributed by atoms with Crippen LogP contribution in [0.15, 0.2) is 36.4 Å². The molecule has 0 aromatic heterocycles. The van der Waals surface area contributed by atoms with E-state index in [-0.39, 0.29) is 0 Å². The molecule has 3 heteroatoms. The van der Waals surface area contributed by atoms with Crippen molar-refractivity contribution in [3.05, 3.63) is 57.0 Å². The van der Waals surface area contributed by atoms with Crippen molar-refractivity contribution >= 4 is 34.8 Å². The zero-order valence-corrected chi connectivity index (χ0v) is 10.9. The molecule has 0 fully saturated rings. The van der Waals surface area contributed by atoms with Crippen molar-refractivity contribution < 1.29 is 0 Å². The van der Waals surface area contributed by atoms with E-state index in [4.69, 9.17) is 34.8 Å². The maximum atomic E-state index is 6.00. The molecule has 0 N–H and O–H groups in total. The number of benzene rings is 2. The molecular formula is C13H9Cl3. The second-order valence-electron chi connectivity index (χ2n) is 3.57. The van der Waals surface area contributed by atoms with Gasteiger partial charge in [0.2, 0.25) is 0 Å². The molecule has 0 aliphatic heterocycles. The quantitative estimate of drug-likeness (QED) is 0.590. The van der Waals surface area contributed by atoms with Crippen LogP contribution in [-0.2, 0) is 0 Å². The van der Waals surface area contributed by atoms with E-state index in [9.17, 15) is 0 Å². The average Bonchev–Trinajstić information content (AvgIpc) is 2.26. The molecule has 0 unspecified atom stereocenters. The molecular weight excluding hydrogens is 263 g/mol. The normalized spacial score (nSPS) is 10.5. The van der Waals surface area contributed by atoms with Crippen molar-refractivity contribution in [3.63, 3.8) is 0 Å². The van der Waals surface area contributed by atoms with Gasteiger partial charge in [0.15, 0.2) is 0 Å². The monoisotopic (exact) mass is 270 g/mol. The molecule has 0 nitrogen and oxygen atoms in total. The fourth-order valence-electron chi connectivity index (χ4n) is 1.61. The lowest BCUT2D eigenvalue weighted by atomic mass is 10.0. The number of hydrogen-bond acceptors (Lipinski definition) is 0. The van der Waals surface area contributed by atoms with Crippen LogP contribution < -0.4 is 0 Å². The highest BCUT2D eigenvalue weighted by Crippen LogP contribution is 2.35. The van der Waals surface area contributed by atoms with Gasteiger partial charge < -0.3 is 0 Å². The molecule has 0 saturated carbocycles. The molecule has 2 aromatic carbocycles. The summed E-state index contributed by atoms with van der Waals surface area (Å²) < 4.78 is 0. The summed E-state index contributed by atoms with van der Waals surface area (Å²) in [5, 5.41) is 1.36. The fourth-order valence-corrected chi connectivity index (χ4v) is 2.20. The zero-order valence-electron chi connectivity index (χ0n) is 8.60. The second-order valence-corrected chi connectivity index (χ2v) is 4.76. The first kappa shape index (κ1) is 11.8. The van der Waals surface area contributed by atoms with E-state index in [1.807, 2.05) is 43.3 Å². The third-order valence-electron chi connectivity index (χ3n) is 2.44. The van der Waals surface area contributed by atoms with E-state index < -0.39 is 0 Å². The molecule has 0 aliphatic rings. The summed E-state index contributed by atoms with van der Waals surface area (Å²) in [5.41, 5.74) is 3.28. The first-order chi connectivity index (χ1) is 7.59. The van der Waals surface area contributed by atoms with Crippen LogP contribution in [-0.4, -0.2) is 0 Å². The molecule has 0 saturated heterocycles. The Balaban J connectivity index is 2.62. The maximum Gasteiger partial charge on any atom is 0.0778 e. The first-order valence-corrected chi connectivity index (χ1v) is 5.93. The Morgan fingerprint density at radius 3 is 2.00 bits per heavy atom. The van der Waals surface area contributed by atoms with Crippen LogP contribution >= 0.6 is 34.8 Å². The molecule has 2 aromatic rings. The number of halogens is 3. The average molecular weight is 272 g/mol. The Morgan fingerprint density at radius 2 is 1.44 bits per heavy atom. The maximum absolute atomic E-state index is 6.00. The van der Waals surface area contributed by atoms with Crippen LogP contribution in [0.4, 0.5) is 0 Å². The molecule has 0 bridgehead atoms. The topological polar surface area (TPSA) is 0 Å². The summed E-state index contributed by atoms with van der Waals surface area (Å²) in [7, 11) is 0. The summed E-state index contributed by atoms with van der Waals surface area (Å²) in [6, 6.07) is 11.7. The van der Waals surface area contributed by atoms with Crippen LogP contribution in [0.25, 0.3) is 11.1 Å². The standard InChI is InChI=1S/C13H9Cl3/c1-8-4-2-3-5-10(8)9-6-11(14)13(16)12(15)7-9/h2-7H,1H3. The number of aryl methyl sites for hydroxylation is 1. The third kappa shape index (κ3) is 2.20. The van der Waals surface area contributed by atoms with Crippen LogP contribution in [0.1, 0.15) is 5.56 Å². The highest BCUT2D eigenvalue weighted by Gasteiger charge is 2.08. The molecule has 82 valence electrons. The van der Waals surface area contributed by atoms with Gasteiger partial charge in [-0.3, -0.25) is 0 Å². The Labute approximate surface area is 110 Å². The van der Waals surface area contributed by atoms with Gasteiger partial charge in [-0.25, -0.2) is 0 Å². The van der Waals surface area contributed by atoms with E-state index >= 15 is 0 Å². The lowest BCUT2D eigenvalue weighted by molar-refractivity contribution is 1.46. The largest absolute Gasteiger partial charge is 0.0826 e. The number of rotatable bonds is 1. The lowest BCUT2D eigenvalue weighted by Crippen LogP contribution is -1.83.